The number of anilines is 1. The number of nitrogens with zero attached hydrogens (tertiary/aromatic N) is 1. The first-order valence-electron chi connectivity index (χ1n) is 14.2. The molecule has 220 valence electrons. The molecule has 2 aromatic carbocycles. The van der Waals surface area contributed by atoms with Crippen LogP contribution in [-0.2, 0) is 19.0 Å². The van der Waals surface area contributed by atoms with Gasteiger partial charge in [0.15, 0.2) is 0 Å². The van der Waals surface area contributed by atoms with Crippen molar-refractivity contribution >= 4 is 54.9 Å². The summed E-state index contributed by atoms with van der Waals surface area (Å²) in [5.74, 6) is -2.31. The molecular weight excluding hydrogens is 559 g/mol. The molecule has 0 unspecified atom stereocenters. The Kier molecular flexibility index (Phi) is 9.27. The Balaban J connectivity index is 1.44. The fraction of sp³-hybridized carbons (Fsp3) is 0.400. The van der Waals surface area contributed by atoms with Crippen LogP contribution in [0.3, 0.4) is 0 Å². The lowest BCUT2D eigenvalue weighted by atomic mass is 9.58. The summed E-state index contributed by atoms with van der Waals surface area (Å²) >= 11 is 6.33. The monoisotopic (exact) mass is 593 g/mol. The summed E-state index contributed by atoms with van der Waals surface area (Å²) in [6, 6.07) is 11.0. The number of amides is 2. The summed E-state index contributed by atoms with van der Waals surface area (Å²) in [6.45, 7) is 2.32. The molecule has 1 aliphatic carbocycles. The molecule has 0 spiro atoms. The molecule has 2 aromatic rings. The van der Waals surface area contributed by atoms with Crippen LogP contribution in [-0.4, -0.2) is 66.1 Å². The smallest absolute Gasteiger partial charge is 0.488 e. The van der Waals surface area contributed by atoms with Crippen LogP contribution in [0.1, 0.15) is 38.2 Å². The summed E-state index contributed by atoms with van der Waals surface area (Å²) in [6.07, 6.45) is 3.99. The van der Waals surface area contributed by atoms with Crippen LogP contribution in [0.15, 0.2) is 59.2 Å². The lowest BCUT2D eigenvalue weighted by Crippen LogP contribution is -2.46. The van der Waals surface area contributed by atoms with Crippen LogP contribution in [0.5, 0.6) is 5.75 Å². The van der Waals surface area contributed by atoms with Gasteiger partial charge in [0.25, 0.3) is 0 Å². The molecule has 2 fully saturated rings. The Labute approximate surface area is 250 Å². The van der Waals surface area contributed by atoms with Crippen LogP contribution in [0.2, 0.25) is 11.3 Å². The second-order valence-electron chi connectivity index (χ2n) is 11.1. The highest BCUT2D eigenvalue weighted by molar-refractivity contribution is 6.58. The minimum absolute atomic E-state index is 0.0937. The molecule has 2 saturated heterocycles. The Morgan fingerprint density at radius 1 is 1.19 bits per heavy atom. The van der Waals surface area contributed by atoms with Crippen molar-refractivity contribution in [2.75, 3.05) is 18.6 Å². The highest BCUT2D eigenvalue weighted by atomic mass is 35.5. The van der Waals surface area contributed by atoms with Gasteiger partial charge in [0.2, 0.25) is 11.8 Å². The Bertz CT molecular complexity index is 1430. The Morgan fingerprint density at radius 3 is 2.67 bits per heavy atom. The summed E-state index contributed by atoms with van der Waals surface area (Å²) in [5.41, 5.74) is 4.19. The van der Waals surface area contributed by atoms with Crippen molar-refractivity contribution in [1.29, 1.82) is 0 Å². The molecule has 0 radical (unpaired) electrons. The van der Waals surface area contributed by atoms with Crippen molar-refractivity contribution in [1.82, 2.24) is 0 Å². The van der Waals surface area contributed by atoms with Gasteiger partial charge in [-0.2, -0.15) is 0 Å². The Morgan fingerprint density at radius 2 is 1.98 bits per heavy atom. The molecule has 0 saturated carbocycles. The van der Waals surface area contributed by atoms with E-state index >= 15 is 0 Å². The molecule has 0 bridgehead atoms. The lowest BCUT2D eigenvalue weighted by Gasteiger charge is -2.43. The molecule has 4 atom stereocenters. The maximum Gasteiger partial charge on any atom is 0.488 e. The number of aromatic hydroxyl groups is 1. The topological polar surface area (TPSA) is 137 Å². The van der Waals surface area contributed by atoms with E-state index in [0.29, 0.717) is 24.3 Å². The maximum atomic E-state index is 13.9. The molecule has 2 amide bonds. The van der Waals surface area contributed by atoms with E-state index in [2.05, 4.69) is 0 Å². The molecule has 3 aliphatic rings. The number of carbonyl (C=O) groups is 2. The standard InChI is InChI=1S/C30H34B2ClNO8/c1-3-17(11-18-8-9-22(35)14-25(18)33)7-10-26-27-19(16-41-2)12-23-28(24(27)15-31(38)42-26)30(37)34(29(23)36)21-6-4-5-20(13-21)32(39)40/h4-6,8-9,11,13-14,23-24,26,28,35,38-40H,3,7,10,12,15-16H2,1-2H3/b17-11+/t23-,24+,26-,28-/m1/s1. The van der Waals surface area contributed by atoms with Gasteiger partial charge in [-0.25, -0.2) is 0 Å². The average Bonchev–Trinajstić information content (AvgIpc) is 3.21. The number of methoxy groups -OCH3 is 1. The van der Waals surface area contributed by atoms with Crippen molar-refractivity contribution in [3.63, 3.8) is 0 Å². The normalized spacial score (nSPS) is 24.3. The molecule has 9 nitrogen and oxygen atoms in total. The predicted molar refractivity (Wildman–Crippen MR) is 161 cm³/mol. The van der Waals surface area contributed by atoms with Gasteiger partial charge in [-0.05, 0) is 90.4 Å². The van der Waals surface area contributed by atoms with Crippen molar-refractivity contribution in [2.45, 2.75) is 45.0 Å². The number of fused-ring (bicyclic) bond motifs is 3. The zero-order valence-electron chi connectivity index (χ0n) is 23.6. The lowest BCUT2D eigenvalue weighted by molar-refractivity contribution is -0.122. The minimum atomic E-state index is -1.74. The van der Waals surface area contributed by atoms with E-state index in [-0.39, 0.29) is 41.6 Å². The molecule has 4 N–H and O–H groups in total. The van der Waals surface area contributed by atoms with Gasteiger partial charge in [0.1, 0.15) is 5.75 Å². The number of hydrogen-bond donors (Lipinski definition) is 4. The van der Waals surface area contributed by atoms with E-state index in [4.69, 9.17) is 21.0 Å². The van der Waals surface area contributed by atoms with Gasteiger partial charge in [0, 0.05) is 7.11 Å². The number of phenolic OH excluding ortho intramolecular Hbond substituents is 1. The Hall–Kier alpha value is -2.92. The van der Waals surface area contributed by atoms with Gasteiger partial charge in [-0.3, -0.25) is 14.5 Å². The minimum Gasteiger partial charge on any atom is -0.508 e. The second-order valence-corrected chi connectivity index (χ2v) is 11.5. The largest absolute Gasteiger partial charge is 0.508 e. The predicted octanol–water partition coefficient (Wildman–Crippen LogP) is 2.95. The quantitative estimate of drug-likeness (QED) is 0.198. The van der Waals surface area contributed by atoms with Crippen LogP contribution >= 0.6 is 11.6 Å². The number of hydrogen-bond acceptors (Lipinski definition) is 8. The van der Waals surface area contributed by atoms with Crippen LogP contribution in [0, 0.1) is 17.8 Å². The first-order valence-corrected chi connectivity index (χ1v) is 14.6. The number of benzene rings is 2. The fourth-order valence-electron chi connectivity index (χ4n) is 6.67. The van der Waals surface area contributed by atoms with Gasteiger partial charge >= 0.3 is 14.2 Å². The zero-order valence-corrected chi connectivity index (χ0v) is 24.3. The summed E-state index contributed by atoms with van der Waals surface area (Å²) < 4.78 is 11.6. The third-order valence-electron chi connectivity index (χ3n) is 8.58. The van der Waals surface area contributed by atoms with Crippen LogP contribution in [0.4, 0.5) is 5.69 Å². The summed E-state index contributed by atoms with van der Waals surface area (Å²) in [4.78, 5) is 28.7. The van der Waals surface area contributed by atoms with E-state index in [1.807, 2.05) is 13.0 Å². The van der Waals surface area contributed by atoms with Gasteiger partial charge in [0.05, 0.1) is 35.3 Å². The number of halogens is 1. The average molecular weight is 594 g/mol. The first kappa shape index (κ1) is 30.5. The SMILES string of the molecule is CC/C(=C\c1ccc(O)cc1Cl)CC[C@H]1OB(O)C[C@H]2C1=C(COC)C[C@H]1C(=O)N(c3cccc(B(O)O)c3)C(=O)[C@H]12. The number of allylic oxidation sites excluding steroid dienone is 1. The maximum absolute atomic E-state index is 13.9. The first-order chi connectivity index (χ1) is 20.1. The summed E-state index contributed by atoms with van der Waals surface area (Å²) in [5, 5.41) is 40.2. The highest BCUT2D eigenvalue weighted by Gasteiger charge is 2.57. The molecule has 2 aliphatic heterocycles. The van der Waals surface area contributed by atoms with Crippen molar-refractivity contribution in [3.8, 4) is 5.75 Å². The molecule has 12 heteroatoms. The molecule has 2 heterocycles. The second kappa shape index (κ2) is 12.8. The third-order valence-corrected chi connectivity index (χ3v) is 8.91. The van der Waals surface area contributed by atoms with Gasteiger partial charge < -0.3 is 29.6 Å². The van der Waals surface area contributed by atoms with E-state index < -0.39 is 38.1 Å². The number of carbonyl (C=O) groups excluding carboxylic acids is 2. The molecule has 0 aromatic heterocycles. The number of phenols is 1. The van der Waals surface area contributed by atoms with E-state index in [9.17, 15) is 29.8 Å². The zero-order chi connectivity index (χ0) is 30.1. The molecular formula is C30H34B2ClNO8. The third kappa shape index (κ3) is 5.95. The van der Waals surface area contributed by atoms with Gasteiger partial charge in [-0.1, -0.05) is 42.3 Å². The van der Waals surface area contributed by atoms with Crippen molar-refractivity contribution in [2.24, 2.45) is 17.8 Å². The highest BCUT2D eigenvalue weighted by Crippen LogP contribution is 2.51. The van der Waals surface area contributed by atoms with E-state index in [0.717, 1.165) is 33.6 Å². The van der Waals surface area contributed by atoms with E-state index in [1.54, 1.807) is 31.4 Å². The van der Waals surface area contributed by atoms with Crippen LogP contribution < -0.4 is 10.4 Å². The number of rotatable bonds is 9. The molecule has 42 heavy (non-hydrogen) atoms. The number of ether oxygens (including phenoxy) is 1. The number of imide groups is 1. The van der Waals surface area contributed by atoms with E-state index in [1.165, 1.54) is 18.2 Å². The van der Waals surface area contributed by atoms with Crippen molar-refractivity contribution < 1.29 is 39.2 Å². The summed E-state index contributed by atoms with van der Waals surface area (Å²) in [7, 11) is -1.25. The van der Waals surface area contributed by atoms with Crippen LogP contribution in [0.25, 0.3) is 6.08 Å². The molecule has 5 rings (SSSR count). The fourth-order valence-corrected chi connectivity index (χ4v) is 6.90. The van der Waals surface area contributed by atoms with Gasteiger partial charge in [-0.15, -0.1) is 0 Å². The van der Waals surface area contributed by atoms with Crippen molar-refractivity contribution in [3.05, 3.63) is 69.8 Å².